The highest BCUT2D eigenvalue weighted by atomic mass is 28.3. The molecule has 0 amide bonds. The molecule has 0 radical (unpaired) electrons. The molecule has 0 saturated heterocycles. The lowest BCUT2D eigenvalue weighted by Crippen LogP contribution is -2.61. The lowest BCUT2D eigenvalue weighted by atomic mass is 10.2. The van der Waals surface area contributed by atoms with Crippen LogP contribution in [0, 0.1) is 0 Å². The van der Waals surface area contributed by atoms with Crippen LogP contribution in [0.1, 0.15) is 25.3 Å². The first-order valence-corrected chi connectivity index (χ1v) is 10.8. The molecular formula is C16H30NOSi+. The van der Waals surface area contributed by atoms with Crippen molar-refractivity contribution in [1.82, 2.24) is 0 Å². The van der Waals surface area contributed by atoms with Gasteiger partial charge in [0, 0.05) is 5.56 Å². The topological polar surface area (TPSA) is 9.23 Å². The molecule has 0 aliphatic carbocycles. The van der Waals surface area contributed by atoms with Crippen molar-refractivity contribution in [3.05, 3.63) is 35.9 Å². The van der Waals surface area contributed by atoms with Crippen molar-refractivity contribution in [3.63, 3.8) is 0 Å². The van der Waals surface area contributed by atoms with Crippen LogP contribution in [0.3, 0.4) is 0 Å². The second-order valence-corrected chi connectivity index (χ2v) is 12.0. The van der Waals surface area contributed by atoms with Crippen molar-refractivity contribution in [2.75, 3.05) is 20.4 Å². The molecule has 1 aromatic carbocycles. The zero-order chi connectivity index (χ0) is 14.4. The van der Waals surface area contributed by atoms with Gasteiger partial charge in [-0.15, -0.1) is 0 Å². The fraction of sp³-hybridized carbons (Fsp3) is 0.625. The van der Waals surface area contributed by atoms with E-state index in [9.17, 15) is 0 Å². The summed E-state index contributed by atoms with van der Waals surface area (Å²) in [6, 6.07) is 10.8. The number of quaternary nitrogens is 1. The van der Waals surface area contributed by atoms with Gasteiger partial charge in [0.1, 0.15) is 0 Å². The van der Waals surface area contributed by atoms with E-state index in [2.05, 4.69) is 63.9 Å². The van der Waals surface area contributed by atoms with Crippen molar-refractivity contribution in [1.29, 1.82) is 0 Å². The fourth-order valence-electron chi connectivity index (χ4n) is 1.98. The first-order chi connectivity index (χ1) is 8.89. The molecule has 0 aliphatic heterocycles. The summed E-state index contributed by atoms with van der Waals surface area (Å²) in [7, 11) is 1.01. The van der Waals surface area contributed by atoms with Crippen molar-refractivity contribution in [3.8, 4) is 0 Å². The zero-order valence-electron chi connectivity index (χ0n) is 13.3. The Morgan fingerprint density at radius 2 is 1.74 bits per heavy atom. The third kappa shape index (κ3) is 5.09. The Labute approximate surface area is 120 Å². The van der Waals surface area contributed by atoms with Crippen molar-refractivity contribution in [2.45, 2.75) is 46.0 Å². The Kier molecular flexibility index (Phi) is 6.24. The predicted molar refractivity (Wildman–Crippen MR) is 85.4 cm³/mol. The summed E-state index contributed by atoms with van der Waals surface area (Å²) < 4.78 is 6.99. The molecule has 0 fully saturated rings. The highest BCUT2D eigenvalue weighted by Gasteiger charge is 2.39. The summed E-state index contributed by atoms with van der Waals surface area (Å²) in [5.74, 6) is 0. The van der Waals surface area contributed by atoms with Gasteiger partial charge in [-0.3, -0.25) is 0 Å². The number of benzene rings is 1. The maximum atomic E-state index is 5.94. The molecule has 0 spiro atoms. The van der Waals surface area contributed by atoms with E-state index in [1.165, 1.54) is 12.0 Å². The molecule has 0 bridgehead atoms. The van der Waals surface area contributed by atoms with Gasteiger partial charge in [0.15, 0.2) is 6.73 Å². The van der Waals surface area contributed by atoms with Crippen LogP contribution < -0.4 is 0 Å². The molecule has 1 atom stereocenters. The number of rotatable bonds is 8. The van der Waals surface area contributed by atoms with Crippen LogP contribution in [0.25, 0.3) is 0 Å². The van der Waals surface area contributed by atoms with Gasteiger partial charge >= 0.3 is 0 Å². The zero-order valence-corrected chi connectivity index (χ0v) is 14.3. The summed E-state index contributed by atoms with van der Waals surface area (Å²) in [5.41, 5.74) is 1.41. The average Bonchev–Trinajstić information content (AvgIpc) is 2.35. The van der Waals surface area contributed by atoms with E-state index in [1.54, 1.807) is 0 Å². The summed E-state index contributed by atoms with van der Waals surface area (Å²) in [4.78, 5) is 0. The fourth-order valence-corrected chi connectivity index (χ4v) is 3.11. The monoisotopic (exact) mass is 280 g/mol. The van der Waals surface area contributed by atoms with E-state index in [1.807, 2.05) is 0 Å². The molecule has 19 heavy (non-hydrogen) atoms. The smallest absolute Gasteiger partial charge is 0.278 e. The van der Waals surface area contributed by atoms with Gasteiger partial charge in [-0.2, -0.15) is 0 Å². The first kappa shape index (κ1) is 16.4. The minimum absolute atomic E-state index is 0.838. The summed E-state index contributed by atoms with van der Waals surface area (Å²) in [6.45, 7) is 12.3. The second-order valence-electron chi connectivity index (χ2n) is 6.60. The third-order valence-electron chi connectivity index (χ3n) is 4.01. The van der Waals surface area contributed by atoms with Gasteiger partial charge in [0.25, 0.3) is 8.24 Å². The van der Waals surface area contributed by atoms with E-state index in [-0.39, 0.29) is 0 Å². The maximum absolute atomic E-state index is 5.94. The molecule has 0 heterocycles. The van der Waals surface area contributed by atoms with Crippen molar-refractivity contribution >= 4 is 8.24 Å². The van der Waals surface area contributed by atoms with Crippen LogP contribution in [0.2, 0.25) is 19.6 Å². The molecule has 1 aromatic rings. The van der Waals surface area contributed by atoms with Gasteiger partial charge < -0.3 is 8.89 Å². The van der Waals surface area contributed by atoms with Crippen LogP contribution >= 0.6 is 0 Å². The number of unbranched alkanes of at least 4 members (excludes halogenated alkanes) is 1. The van der Waals surface area contributed by atoms with Crippen LogP contribution in [-0.4, -0.2) is 32.8 Å². The Morgan fingerprint density at radius 3 is 2.26 bits per heavy atom. The lowest BCUT2D eigenvalue weighted by molar-refractivity contribution is -0.848. The van der Waals surface area contributed by atoms with E-state index < -0.39 is 8.24 Å². The Hall–Kier alpha value is -0.643. The molecule has 3 heteroatoms. The Balaban J connectivity index is 2.71. The summed E-state index contributed by atoms with van der Waals surface area (Å²) in [6.07, 6.45) is 2.37. The molecule has 1 unspecified atom stereocenters. The lowest BCUT2D eigenvalue weighted by Gasteiger charge is -2.44. The molecule has 108 valence electrons. The molecule has 0 aliphatic rings. The van der Waals surface area contributed by atoms with Gasteiger partial charge in [-0.05, 0) is 26.1 Å². The number of hydrogen-bond donors (Lipinski definition) is 0. The molecule has 0 saturated carbocycles. The largest absolute Gasteiger partial charge is 0.360 e. The van der Waals surface area contributed by atoms with Crippen molar-refractivity contribution < 1.29 is 8.89 Å². The van der Waals surface area contributed by atoms with E-state index >= 15 is 0 Å². The van der Waals surface area contributed by atoms with Crippen LogP contribution in [-0.2, 0) is 11.3 Å². The quantitative estimate of drug-likeness (QED) is 0.393. The normalized spacial score (nSPS) is 15.2. The average molecular weight is 281 g/mol. The molecule has 1 rings (SSSR count). The van der Waals surface area contributed by atoms with Gasteiger partial charge in [0.2, 0.25) is 0 Å². The van der Waals surface area contributed by atoms with Crippen molar-refractivity contribution in [2.24, 2.45) is 0 Å². The number of nitrogens with zero attached hydrogens (tertiary/aromatic N) is 1. The minimum atomic E-state index is -1.34. The highest BCUT2D eigenvalue weighted by Crippen LogP contribution is 2.23. The van der Waals surface area contributed by atoms with Gasteiger partial charge in [-0.1, -0.05) is 43.7 Å². The predicted octanol–water partition coefficient (Wildman–Crippen LogP) is 4.24. The van der Waals surface area contributed by atoms with Crippen LogP contribution in [0.5, 0.6) is 0 Å². The Morgan fingerprint density at radius 1 is 1.11 bits per heavy atom. The summed E-state index contributed by atoms with van der Waals surface area (Å²) >= 11 is 0. The Bertz CT molecular complexity index is 361. The second kappa shape index (κ2) is 7.22. The number of ether oxygens (including phenoxy) is 1. The van der Waals surface area contributed by atoms with Crippen LogP contribution in [0.4, 0.5) is 0 Å². The summed E-state index contributed by atoms with van der Waals surface area (Å²) in [5, 5.41) is 0. The van der Waals surface area contributed by atoms with E-state index in [0.29, 0.717) is 0 Å². The van der Waals surface area contributed by atoms with E-state index in [4.69, 9.17) is 4.74 Å². The third-order valence-corrected chi connectivity index (χ3v) is 7.54. The van der Waals surface area contributed by atoms with E-state index in [0.717, 1.165) is 30.5 Å². The van der Waals surface area contributed by atoms with Crippen LogP contribution in [0.15, 0.2) is 30.3 Å². The first-order valence-electron chi connectivity index (χ1n) is 7.35. The molecular weight excluding hydrogens is 250 g/mol. The van der Waals surface area contributed by atoms with Gasteiger partial charge in [-0.25, -0.2) is 0 Å². The maximum Gasteiger partial charge on any atom is 0.278 e. The highest BCUT2D eigenvalue weighted by molar-refractivity contribution is 6.68. The van der Waals surface area contributed by atoms with Gasteiger partial charge in [0.05, 0.1) is 20.2 Å². The number of hydrogen-bond acceptors (Lipinski definition) is 1. The standard InChI is InChI=1S/C16H30NOSi/c1-6-7-13-18-15-17(2,19(3,4)5)14-16-11-9-8-10-12-16/h8-12H,6-7,13-15H2,1-5H3/q+1. The molecule has 2 nitrogen and oxygen atoms in total. The molecule has 0 aromatic heterocycles. The minimum Gasteiger partial charge on any atom is -0.360 e. The SMILES string of the molecule is CCCCOC[N+](C)(Cc1ccccc1)[Si](C)(C)C. The molecule has 0 N–H and O–H groups in total.